The van der Waals surface area contributed by atoms with Gasteiger partial charge in [-0.2, -0.15) is 0 Å². The Morgan fingerprint density at radius 3 is 3.00 bits per heavy atom. The molecule has 0 fully saturated rings. The maximum atomic E-state index is 6.01. The Bertz CT molecular complexity index is 373. The van der Waals surface area contributed by atoms with E-state index in [2.05, 4.69) is 12.2 Å². The number of likely N-dealkylation sites (N-methyl/N-ethyl adjacent to an activating group) is 1. The number of ether oxygens (including phenoxy) is 1. The van der Waals surface area contributed by atoms with Crippen molar-refractivity contribution in [2.45, 2.75) is 25.8 Å². The van der Waals surface area contributed by atoms with Crippen molar-refractivity contribution in [1.82, 2.24) is 5.32 Å². The molecule has 1 aliphatic rings. The minimum Gasteiger partial charge on any atom is -0.501 e. The van der Waals surface area contributed by atoms with Crippen molar-refractivity contribution in [2.24, 2.45) is 0 Å². The first-order valence-corrected chi connectivity index (χ1v) is 5.97. The summed E-state index contributed by atoms with van der Waals surface area (Å²) < 4.78 is 10.5. The highest BCUT2D eigenvalue weighted by atomic mass is 35.5. The molecule has 88 valence electrons. The lowest BCUT2D eigenvalue weighted by Crippen LogP contribution is -2.24. The summed E-state index contributed by atoms with van der Waals surface area (Å²) in [5.41, 5.74) is 2.22. The second-order valence-corrected chi connectivity index (χ2v) is 4.15. The number of nitrogens with one attached hydrogen (secondary N) is 1. The van der Waals surface area contributed by atoms with E-state index in [1.54, 1.807) is 6.26 Å². The van der Waals surface area contributed by atoms with Gasteiger partial charge in [0.1, 0.15) is 0 Å². The molecule has 0 aliphatic carbocycles. The zero-order valence-electron chi connectivity index (χ0n) is 9.33. The predicted molar refractivity (Wildman–Crippen MR) is 63.4 cm³/mol. The standard InChI is InChI=1S/C12H16ClNO2/c1-2-14-11(9-4-3-6-15-8-9)10-5-7-16-12(10)13/h5,7-8,11,14H,2-4,6H2,1H3. The number of furan rings is 1. The maximum absolute atomic E-state index is 6.01. The third kappa shape index (κ3) is 2.42. The van der Waals surface area contributed by atoms with Crippen LogP contribution in [-0.2, 0) is 4.74 Å². The molecule has 1 N–H and O–H groups in total. The molecule has 1 unspecified atom stereocenters. The van der Waals surface area contributed by atoms with Crippen molar-refractivity contribution in [1.29, 1.82) is 0 Å². The molecule has 2 heterocycles. The lowest BCUT2D eigenvalue weighted by Gasteiger charge is -2.23. The van der Waals surface area contributed by atoms with E-state index in [0.717, 1.165) is 31.6 Å². The largest absolute Gasteiger partial charge is 0.501 e. The summed E-state index contributed by atoms with van der Waals surface area (Å²) >= 11 is 6.01. The lowest BCUT2D eigenvalue weighted by molar-refractivity contribution is 0.219. The van der Waals surface area contributed by atoms with Crippen LogP contribution in [0.4, 0.5) is 0 Å². The zero-order chi connectivity index (χ0) is 11.4. The molecule has 1 aromatic rings. The van der Waals surface area contributed by atoms with E-state index in [4.69, 9.17) is 20.8 Å². The zero-order valence-corrected chi connectivity index (χ0v) is 10.1. The van der Waals surface area contributed by atoms with Crippen LogP contribution in [0.15, 0.2) is 28.6 Å². The van der Waals surface area contributed by atoms with Crippen LogP contribution in [0.1, 0.15) is 31.4 Å². The number of rotatable bonds is 4. The van der Waals surface area contributed by atoms with E-state index in [0.29, 0.717) is 5.22 Å². The third-order valence-corrected chi connectivity index (χ3v) is 3.01. The van der Waals surface area contributed by atoms with Crippen LogP contribution in [0.3, 0.4) is 0 Å². The number of hydrogen-bond acceptors (Lipinski definition) is 3. The van der Waals surface area contributed by atoms with Gasteiger partial charge in [0, 0.05) is 5.56 Å². The molecule has 0 spiro atoms. The van der Waals surface area contributed by atoms with Gasteiger partial charge < -0.3 is 14.5 Å². The Kier molecular flexibility index (Phi) is 3.91. The van der Waals surface area contributed by atoms with E-state index >= 15 is 0 Å². The van der Waals surface area contributed by atoms with Gasteiger partial charge in [-0.3, -0.25) is 0 Å². The highest BCUT2D eigenvalue weighted by molar-refractivity contribution is 6.29. The van der Waals surface area contributed by atoms with Crippen LogP contribution in [-0.4, -0.2) is 13.2 Å². The quantitative estimate of drug-likeness (QED) is 0.879. The van der Waals surface area contributed by atoms with Crippen LogP contribution in [0.25, 0.3) is 0 Å². The molecule has 0 bridgehead atoms. The first kappa shape index (κ1) is 11.6. The van der Waals surface area contributed by atoms with Crippen molar-refractivity contribution in [2.75, 3.05) is 13.2 Å². The molecule has 4 heteroatoms. The summed E-state index contributed by atoms with van der Waals surface area (Å²) in [6.07, 6.45) is 5.56. The van der Waals surface area contributed by atoms with Crippen molar-refractivity contribution < 1.29 is 9.15 Å². The average Bonchev–Trinajstić information content (AvgIpc) is 2.73. The molecule has 1 aliphatic heterocycles. The smallest absolute Gasteiger partial charge is 0.198 e. The maximum Gasteiger partial charge on any atom is 0.198 e. The Morgan fingerprint density at radius 1 is 1.56 bits per heavy atom. The Morgan fingerprint density at radius 2 is 2.44 bits per heavy atom. The summed E-state index contributed by atoms with van der Waals surface area (Å²) in [5, 5.41) is 3.86. The van der Waals surface area contributed by atoms with Crippen LogP contribution in [0.2, 0.25) is 5.22 Å². The van der Waals surface area contributed by atoms with Gasteiger partial charge in [-0.05, 0) is 42.6 Å². The SMILES string of the molecule is CCNC(C1=COCCC1)c1ccoc1Cl. The van der Waals surface area contributed by atoms with Crippen LogP contribution >= 0.6 is 11.6 Å². The van der Waals surface area contributed by atoms with Gasteiger partial charge in [0.15, 0.2) is 5.22 Å². The molecule has 2 rings (SSSR count). The fraction of sp³-hybridized carbons (Fsp3) is 0.500. The molecule has 1 atom stereocenters. The van der Waals surface area contributed by atoms with Gasteiger partial charge in [0.2, 0.25) is 0 Å². The van der Waals surface area contributed by atoms with E-state index in [1.165, 1.54) is 5.57 Å². The Balaban J connectivity index is 2.23. The van der Waals surface area contributed by atoms with Crippen molar-refractivity contribution >= 4 is 11.6 Å². The van der Waals surface area contributed by atoms with Gasteiger partial charge in [0.05, 0.1) is 25.2 Å². The topological polar surface area (TPSA) is 34.4 Å². The molecule has 0 saturated carbocycles. The van der Waals surface area contributed by atoms with Crippen LogP contribution in [0.5, 0.6) is 0 Å². The van der Waals surface area contributed by atoms with Crippen molar-refractivity contribution in [3.63, 3.8) is 0 Å². The van der Waals surface area contributed by atoms with Crippen LogP contribution in [0, 0.1) is 0 Å². The van der Waals surface area contributed by atoms with E-state index in [-0.39, 0.29) is 6.04 Å². The van der Waals surface area contributed by atoms with Crippen molar-refractivity contribution in [3.8, 4) is 0 Å². The Hall–Kier alpha value is -0.930. The highest BCUT2D eigenvalue weighted by Gasteiger charge is 2.21. The normalized spacial score (nSPS) is 17.8. The van der Waals surface area contributed by atoms with E-state index in [1.807, 2.05) is 12.3 Å². The third-order valence-electron chi connectivity index (χ3n) is 2.70. The minimum atomic E-state index is 0.108. The van der Waals surface area contributed by atoms with Gasteiger partial charge in [-0.1, -0.05) is 6.92 Å². The van der Waals surface area contributed by atoms with E-state index < -0.39 is 0 Å². The summed E-state index contributed by atoms with van der Waals surface area (Å²) in [6, 6.07) is 2.02. The molecule has 16 heavy (non-hydrogen) atoms. The number of halogens is 1. The lowest BCUT2D eigenvalue weighted by atomic mass is 9.97. The van der Waals surface area contributed by atoms with Crippen LogP contribution < -0.4 is 5.32 Å². The minimum absolute atomic E-state index is 0.108. The summed E-state index contributed by atoms with van der Waals surface area (Å²) in [5.74, 6) is 0. The molecule has 3 nitrogen and oxygen atoms in total. The predicted octanol–water partition coefficient (Wildman–Crippen LogP) is 3.28. The first-order valence-electron chi connectivity index (χ1n) is 5.59. The summed E-state index contributed by atoms with van der Waals surface area (Å²) in [4.78, 5) is 0. The van der Waals surface area contributed by atoms with Gasteiger partial charge in [-0.15, -0.1) is 0 Å². The molecular weight excluding hydrogens is 226 g/mol. The van der Waals surface area contributed by atoms with Gasteiger partial charge >= 0.3 is 0 Å². The fourth-order valence-electron chi connectivity index (χ4n) is 1.95. The summed E-state index contributed by atoms with van der Waals surface area (Å²) in [7, 11) is 0. The van der Waals surface area contributed by atoms with Gasteiger partial charge in [0.25, 0.3) is 0 Å². The second-order valence-electron chi connectivity index (χ2n) is 3.81. The fourth-order valence-corrected chi connectivity index (χ4v) is 2.18. The molecule has 1 aromatic heterocycles. The molecule has 0 amide bonds. The van der Waals surface area contributed by atoms with Crippen molar-refractivity contribution in [3.05, 3.63) is 34.9 Å². The molecule has 0 radical (unpaired) electrons. The second kappa shape index (κ2) is 5.41. The molecule has 0 saturated heterocycles. The Labute approximate surface area is 100 Å². The first-order chi connectivity index (χ1) is 7.83. The summed E-state index contributed by atoms with van der Waals surface area (Å²) in [6.45, 7) is 3.76. The molecular formula is C12H16ClNO2. The molecule has 0 aromatic carbocycles. The van der Waals surface area contributed by atoms with E-state index in [9.17, 15) is 0 Å². The van der Waals surface area contributed by atoms with Gasteiger partial charge in [-0.25, -0.2) is 0 Å². The highest BCUT2D eigenvalue weighted by Crippen LogP contribution is 2.32. The monoisotopic (exact) mass is 241 g/mol. The average molecular weight is 242 g/mol. The number of hydrogen-bond donors (Lipinski definition) is 1.